The van der Waals surface area contributed by atoms with Crippen LogP contribution in [0.3, 0.4) is 0 Å². The molecule has 2 N–H and O–H groups in total. The van der Waals surface area contributed by atoms with Gasteiger partial charge in [-0.3, -0.25) is 0 Å². The Labute approximate surface area is 114 Å². The molecule has 0 bridgehead atoms. The lowest BCUT2D eigenvalue weighted by molar-refractivity contribution is 0.391. The lowest BCUT2D eigenvalue weighted by Gasteiger charge is -2.13. The fourth-order valence-corrected chi connectivity index (χ4v) is 2.06. The second-order valence-electron chi connectivity index (χ2n) is 5.06. The Hall–Kier alpha value is -1.81. The molecule has 0 radical (unpaired) electrons. The minimum Gasteiger partial charge on any atom is -0.481 e. The lowest BCUT2D eigenvalue weighted by Crippen LogP contribution is -2.15. The minimum atomic E-state index is 0.0806. The fraction of sp³-hybridized carbons (Fsp3) is 0.400. The van der Waals surface area contributed by atoms with E-state index < -0.39 is 0 Å². The number of nitrogens with zero attached hydrogens (tertiary/aromatic N) is 2. The molecule has 0 aliphatic rings. The van der Waals surface area contributed by atoms with Gasteiger partial charge in [-0.15, -0.1) is 0 Å². The molecule has 0 aromatic carbocycles. The van der Waals surface area contributed by atoms with Crippen LogP contribution in [0.1, 0.15) is 31.0 Å². The number of pyridine rings is 1. The van der Waals surface area contributed by atoms with Crippen LogP contribution in [0.15, 0.2) is 36.8 Å². The van der Waals surface area contributed by atoms with Crippen LogP contribution in [-0.2, 0) is 6.54 Å². The summed E-state index contributed by atoms with van der Waals surface area (Å²) < 4.78 is 7.37. The predicted molar refractivity (Wildman–Crippen MR) is 76.1 cm³/mol. The molecular weight excluding hydrogens is 238 g/mol. The zero-order valence-electron chi connectivity index (χ0n) is 11.7. The third-order valence-electron chi connectivity index (χ3n) is 3.27. The van der Waals surface area contributed by atoms with Gasteiger partial charge in [0, 0.05) is 30.2 Å². The summed E-state index contributed by atoms with van der Waals surface area (Å²) in [7, 11) is 1.64. The van der Waals surface area contributed by atoms with Gasteiger partial charge in [0.2, 0.25) is 5.88 Å². The number of ether oxygens (including phenoxy) is 1. The smallest absolute Gasteiger partial charge is 0.218 e. The molecular formula is C15H21N3O. The van der Waals surface area contributed by atoms with Gasteiger partial charge in [-0.05, 0) is 23.6 Å². The molecule has 2 aromatic rings. The van der Waals surface area contributed by atoms with E-state index in [1.807, 2.05) is 18.3 Å². The van der Waals surface area contributed by atoms with Crippen molar-refractivity contribution in [1.82, 2.24) is 9.55 Å². The van der Waals surface area contributed by atoms with Gasteiger partial charge in [-0.2, -0.15) is 0 Å². The summed E-state index contributed by atoms with van der Waals surface area (Å²) in [6, 6.07) is 6.10. The highest BCUT2D eigenvalue weighted by Gasteiger charge is 2.12. The van der Waals surface area contributed by atoms with Gasteiger partial charge in [-0.25, -0.2) is 4.98 Å². The Bertz CT molecular complexity index is 534. The second-order valence-corrected chi connectivity index (χ2v) is 5.06. The molecule has 4 heteroatoms. The molecule has 2 heterocycles. The standard InChI is InChI=1S/C15H21N3O/c1-11(2)14(16)12-6-8-18(9-12)10-13-5-4-7-17-15(13)19-3/h4-9,11,14H,10,16H2,1-3H3. The van der Waals surface area contributed by atoms with Crippen LogP contribution in [0.2, 0.25) is 0 Å². The van der Waals surface area contributed by atoms with Crippen molar-refractivity contribution in [3.05, 3.63) is 47.9 Å². The Morgan fingerprint density at radius 2 is 2.16 bits per heavy atom. The highest BCUT2D eigenvalue weighted by atomic mass is 16.5. The number of hydrogen-bond donors (Lipinski definition) is 1. The molecule has 0 aliphatic carbocycles. The largest absolute Gasteiger partial charge is 0.481 e. The molecule has 4 nitrogen and oxygen atoms in total. The Morgan fingerprint density at radius 3 is 2.84 bits per heavy atom. The van der Waals surface area contributed by atoms with Crippen LogP contribution in [0.25, 0.3) is 0 Å². The molecule has 1 unspecified atom stereocenters. The SMILES string of the molecule is COc1ncccc1Cn1ccc(C(N)C(C)C)c1. The number of hydrogen-bond acceptors (Lipinski definition) is 3. The van der Waals surface area contributed by atoms with Gasteiger partial charge >= 0.3 is 0 Å². The maximum Gasteiger partial charge on any atom is 0.218 e. The summed E-state index contributed by atoms with van der Waals surface area (Å²) in [6.07, 6.45) is 5.87. The second kappa shape index (κ2) is 5.89. The maximum absolute atomic E-state index is 6.15. The van der Waals surface area contributed by atoms with E-state index in [0.717, 1.165) is 17.7 Å². The highest BCUT2D eigenvalue weighted by molar-refractivity contribution is 5.26. The van der Waals surface area contributed by atoms with Gasteiger partial charge in [0.05, 0.1) is 13.7 Å². The first-order valence-corrected chi connectivity index (χ1v) is 6.51. The molecule has 0 amide bonds. The summed E-state index contributed by atoms with van der Waals surface area (Å²) in [5.41, 5.74) is 8.38. The van der Waals surface area contributed by atoms with Crippen molar-refractivity contribution >= 4 is 0 Å². The van der Waals surface area contributed by atoms with E-state index >= 15 is 0 Å². The van der Waals surface area contributed by atoms with Gasteiger partial charge in [0.1, 0.15) is 0 Å². The summed E-state index contributed by atoms with van der Waals surface area (Å²) in [5.74, 6) is 1.11. The van der Waals surface area contributed by atoms with E-state index in [-0.39, 0.29) is 6.04 Å². The number of nitrogens with two attached hydrogens (primary N) is 1. The van der Waals surface area contributed by atoms with Crippen LogP contribution >= 0.6 is 0 Å². The van der Waals surface area contributed by atoms with E-state index in [9.17, 15) is 0 Å². The first-order valence-electron chi connectivity index (χ1n) is 6.51. The zero-order chi connectivity index (χ0) is 13.8. The third kappa shape index (κ3) is 3.15. The van der Waals surface area contributed by atoms with Gasteiger partial charge in [0.15, 0.2) is 0 Å². The predicted octanol–water partition coefficient (Wildman–Crippen LogP) is 2.60. The van der Waals surface area contributed by atoms with Crippen LogP contribution in [0.4, 0.5) is 0 Å². The summed E-state index contributed by atoms with van der Waals surface area (Å²) >= 11 is 0. The third-order valence-corrected chi connectivity index (χ3v) is 3.27. The van der Waals surface area contributed by atoms with Crippen LogP contribution < -0.4 is 10.5 Å². The van der Waals surface area contributed by atoms with Crippen molar-refractivity contribution in [2.24, 2.45) is 11.7 Å². The summed E-state index contributed by atoms with van der Waals surface area (Å²) in [4.78, 5) is 4.20. The van der Waals surface area contributed by atoms with E-state index in [2.05, 4.69) is 35.7 Å². The average molecular weight is 259 g/mol. The fourth-order valence-electron chi connectivity index (χ4n) is 2.06. The van der Waals surface area contributed by atoms with Crippen molar-refractivity contribution in [3.63, 3.8) is 0 Å². The van der Waals surface area contributed by atoms with Crippen LogP contribution in [0.5, 0.6) is 5.88 Å². The van der Waals surface area contributed by atoms with Crippen molar-refractivity contribution in [2.75, 3.05) is 7.11 Å². The maximum atomic E-state index is 6.15. The Kier molecular flexibility index (Phi) is 4.22. The highest BCUT2D eigenvalue weighted by Crippen LogP contribution is 2.21. The molecule has 0 saturated carbocycles. The van der Waals surface area contributed by atoms with Crippen molar-refractivity contribution in [1.29, 1.82) is 0 Å². The molecule has 19 heavy (non-hydrogen) atoms. The van der Waals surface area contributed by atoms with Gasteiger partial charge in [-0.1, -0.05) is 19.9 Å². The topological polar surface area (TPSA) is 53.1 Å². The van der Waals surface area contributed by atoms with E-state index in [4.69, 9.17) is 10.5 Å². The monoisotopic (exact) mass is 259 g/mol. The molecule has 102 valence electrons. The van der Waals surface area contributed by atoms with Crippen molar-refractivity contribution in [3.8, 4) is 5.88 Å². The molecule has 1 atom stereocenters. The molecule has 2 aromatic heterocycles. The average Bonchev–Trinajstić information content (AvgIpc) is 2.87. The zero-order valence-corrected chi connectivity index (χ0v) is 11.7. The van der Waals surface area contributed by atoms with E-state index in [0.29, 0.717) is 11.8 Å². The lowest BCUT2D eigenvalue weighted by atomic mass is 10.00. The Morgan fingerprint density at radius 1 is 1.37 bits per heavy atom. The first-order chi connectivity index (χ1) is 9.11. The minimum absolute atomic E-state index is 0.0806. The number of aromatic nitrogens is 2. The van der Waals surface area contributed by atoms with Gasteiger partial charge < -0.3 is 15.0 Å². The van der Waals surface area contributed by atoms with Crippen LogP contribution in [-0.4, -0.2) is 16.7 Å². The quantitative estimate of drug-likeness (QED) is 0.898. The van der Waals surface area contributed by atoms with Crippen molar-refractivity contribution in [2.45, 2.75) is 26.4 Å². The molecule has 0 saturated heterocycles. The van der Waals surface area contributed by atoms with E-state index in [1.54, 1.807) is 13.3 Å². The number of methoxy groups -OCH3 is 1. The summed E-state index contributed by atoms with van der Waals surface area (Å²) in [6.45, 7) is 5.00. The van der Waals surface area contributed by atoms with Crippen LogP contribution in [0, 0.1) is 5.92 Å². The normalized spacial score (nSPS) is 12.7. The summed E-state index contributed by atoms with van der Waals surface area (Å²) in [5, 5.41) is 0. The molecule has 0 fully saturated rings. The number of rotatable bonds is 5. The Balaban J connectivity index is 2.16. The van der Waals surface area contributed by atoms with E-state index in [1.165, 1.54) is 0 Å². The molecule has 0 aliphatic heterocycles. The van der Waals surface area contributed by atoms with Crippen molar-refractivity contribution < 1.29 is 4.74 Å². The van der Waals surface area contributed by atoms with Gasteiger partial charge in [0.25, 0.3) is 0 Å². The first kappa shape index (κ1) is 13.6. The molecule has 2 rings (SSSR count). The molecule has 0 spiro atoms.